The molecule has 0 spiro atoms. The number of carboxylic acid groups (broad SMARTS) is 1. The van der Waals surface area contributed by atoms with Crippen molar-refractivity contribution in [1.82, 2.24) is 9.97 Å². The zero-order valence-electron chi connectivity index (χ0n) is 18.0. The van der Waals surface area contributed by atoms with Gasteiger partial charge < -0.3 is 21.3 Å². The molecular formula is C24H24N4O3S. The van der Waals surface area contributed by atoms with Crippen LogP contribution in [0, 0.1) is 11.8 Å². The molecule has 3 rings (SSSR count). The SMILES string of the molecule is CCc1nc(N)nc(N)c1C#CC(SC)c1cc(-c2ccc(C(=O)O)cc2)ccc1OC. The highest BCUT2D eigenvalue weighted by Gasteiger charge is 2.16. The zero-order chi connectivity index (χ0) is 23.3. The number of rotatable bonds is 6. The number of thioether (sulfide) groups is 1. The molecule has 1 unspecified atom stereocenters. The third-order valence-electron chi connectivity index (χ3n) is 4.91. The Balaban J connectivity index is 2.03. The van der Waals surface area contributed by atoms with Crippen LogP contribution in [0.3, 0.4) is 0 Å². The number of benzene rings is 2. The van der Waals surface area contributed by atoms with E-state index in [2.05, 4.69) is 21.8 Å². The van der Waals surface area contributed by atoms with Crippen molar-refractivity contribution in [2.24, 2.45) is 0 Å². The van der Waals surface area contributed by atoms with Gasteiger partial charge in [-0.3, -0.25) is 0 Å². The number of hydrogen-bond acceptors (Lipinski definition) is 7. The first-order chi connectivity index (χ1) is 15.4. The molecular weight excluding hydrogens is 424 g/mol. The highest BCUT2D eigenvalue weighted by atomic mass is 32.2. The summed E-state index contributed by atoms with van der Waals surface area (Å²) in [5.41, 5.74) is 16.0. The zero-order valence-corrected chi connectivity index (χ0v) is 18.9. The molecule has 0 saturated heterocycles. The minimum Gasteiger partial charge on any atom is -0.496 e. The number of aromatic nitrogens is 2. The van der Waals surface area contributed by atoms with Gasteiger partial charge >= 0.3 is 5.97 Å². The van der Waals surface area contributed by atoms with E-state index >= 15 is 0 Å². The maximum absolute atomic E-state index is 11.1. The first kappa shape index (κ1) is 23.0. The Bertz CT molecular complexity index is 1200. The van der Waals surface area contributed by atoms with Crippen LogP contribution in [0.4, 0.5) is 11.8 Å². The molecule has 7 nitrogen and oxygen atoms in total. The van der Waals surface area contributed by atoms with Gasteiger partial charge in [0, 0.05) is 5.56 Å². The molecule has 3 aromatic rings. The number of nitrogen functional groups attached to an aromatic ring is 2. The van der Waals surface area contributed by atoms with E-state index in [1.807, 2.05) is 31.4 Å². The fraction of sp³-hybridized carbons (Fsp3) is 0.208. The van der Waals surface area contributed by atoms with Crippen LogP contribution in [0.25, 0.3) is 11.1 Å². The van der Waals surface area contributed by atoms with Crippen LogP contribution in [0.1, 0.15) is 39.4 Å². The van der Waals surface area contributed by atoms with Crippen molar-refractivity contribution in [2.75, 3.05) is 24.8 Å². The standard InChI is InChI=1S/C24H24N4O3S/c1-4-19-17(22(25)28-24(26)27-19)10-12-21(32-3)18-13-16(9-11-20(18)31-2)14-5-7-15(8-6-14)23(29)30/h5-9,11,13,21H,4H2,1-3H3,(H,29,30)(H4,25,26,27,28). The fourth-order valence-electron chi connectivity index (χ4n) is 3.26. The molecule has 1 heterocycles. The second-order valence-electron chi connectivity index (χ2n) is 6.87. The molecule has 8 heteroatoms. The summed E-state index contributed by atoms with van der Waals surface area (Å²) in [5.74, 6) is 6.56. The molecule has 5 N–H and O–H groups in total. The number of hydrogen-bond donors (Lipinski definition) is 3. The summed E-state index contributed by atoms with van der Waals surface area (Å²) < 4.78 is 5.58. The number of aryl methyl sites for hydroxylation is 1. The summed E-state index contributed by atoms with van der Waals surface area (Å²) in [6.07, 6.45) is 2.60. The Morgan fingerprint density at radius 1 is 1.16 bits per heavy atom. The lowest BCUT2D eigenvalue weighted by molar-refractivity contribution is 0.0697. The molecule has 0 bridgehead atoms. The van der Waals surface area contributed by atoms with Crippen LogP contribution in [0.15, 0.2) is 42.5 Å². The monoisotopic (exact) mass is 448 g/mol. The number of nitrogens with zero attached hydrogens (tertiary/aromatic N) is 2. The van der Waals surface area contributed by atoms with Gasteiger partial charge in [-0.05, 0) is 48.1 Å². The van der Waals surface area contributed by atoms with Crippen LogP contribution in [-0.2, 0) is 6.42 Å². The quantitative estimate of drug-likeness (QED) is 0.483. The van der Waals surface area contributed by atoms with Gasteiger partial charge in [0.1, 0.15) is 11.6 Å². The average Bonchev–Trinajstić information content (AvgIpc) is 2.80. The fourth-order valence-corrected chi connectivity index (χ4v) is 3.88. The highest BCUT2D eigenvalue weighted by Crippen LogP contribution is 2.36. The van der Waals surface area contributed by atoms with E-state index in [9.17, 15) is 4.79 Å². The topological polar surface area (TPSA) is 124 Å². The van der Waals surface area contributed by atoms with Gasteiger partial charge in [0.15, 0.2) is 0 Å². The maximum atomic E-state index is 11.1. The maximum Gasteiger partial charge on any atom is 0.335 e. The predicted molar refractivity (Wildman–Crippen MR) is 129 cm³/mol. The van der Waals surface area contributed by atoms with Gasteiger partial charge in [0.25, 0.3) is 0 Å². The van der Waals surface area contributed by atoms with E-state index in [-0.39, 0.29) is 22.6 Å². The van der Waals surface area contributed by atoms with Crippen molar-refractivity contribution < 1.29 is 14.6 Å². The number of aromatic carboxylic acids is 1. The first-order valence-electron chi connectivity index (χ1n) is 9.85. The second-order valence-corrected chi connectivity index (χ2v) is 7.81. The van der Waals surface area contributed by atoms with Crippen LogP contribution in [0.5, 0.6) is 5.75 Å². The normalized spacial score (nSPS) is 11.3. The Hall–Kier alpha value is -3.70. The van der Waals surface area contributed by atoms with Gasteiger partial charge in [-0.25, -0.2) is 9.78 Å². The van der Waals surface area contributed by atoms with Crippen LogP contribution in [-0.4, -0.2) is 34.4 Å². The highest BCUT2D eigenvalue weighted by molar-refractivity contribution is 7.99. The molecule has 32 heavy (non-hydrogen) atoms. The van der Waals surface area contributed by atoms with E-state index in [4.69, 9.17) is 21.3 Å². The smallest absolute Gasteiger partial charge is 0.335 e. The molecule has 2 aromatic carbocycles. The molecule has 1 atom stereocenters. The summed E-state index contributed by atoms with van der Waals surface area (Å²) in [7, 11) is 1.62. The summed E-state index contributed by atoms with van der Waals surface area (Å²) in [4.78, 5) is 19.4. The Morgan fingerprint density at radius 2 is 1.84 bits per heavy atom. The van der Waals surface area contributed by atoms with Crippen molar-refractivity contribution in [3.05, 3.63) is 64.8 Å². The lowest BCUT2D eigenvalue weighted by atomic mass is 9.99. The molecule has 0 aliphatic heterocycles. The number of methoxy groups -OCH3 is 1. The van der Waals surface area contributed by atoms with Crippen LogP contribution in [0.2, 0.25) is 0 Å². The Labute approximate surface area is 191 Å². The summed E-state index contributed by atoms with van der Waals surface area (Å²) in [6, 6.07) is 12.6. The molecule has 0 saturated carbocycles. The largest absolute Gasteiger partial charge is 0.496 e. The van der Waals surface area contributed by atoms with Gasteiger partial charge in [-0.15, -0.1) is 11.8 Å². The van der Waals surface area contributed by atoms with E-state index in [0.717, 1.165) is 16.7 Å². The molecule has 0 fully saturated rings. The summed E-state index contributed by atoms with van der Waals surface area (Å²) in [6.45, 7) is 1.96. The number of anilines is 2. The van der Waals surface area contributed by atoms with Gasteiger partial charge in [0.05, 0.1) is 29.2 Å². The molecule has 1 aromatic heterocycles. The summed E-state index contributed by atoms with van der Waals surface area (Å²) >= 11 is 1.57. The van der Waals surface area contributed by atoms with Crippen molar-refractivity contribution in [3.63, 3.8) is 0 Å². The Kier molecular flexibility index (Phi) is 7.23. The Morgan fingerprint density at radius 3 is 2.44 bits per heavy atom. The van der Waals surface area contributed by atoms with Crippen molar-refractivity contribution >= 4 is 29.5 Å². The van der Waals surface area contributed by atoms with Crippen LogP contribution >= 0.6 is 11.8 Å². The number of ether oxygens (including phenoxy) is 1. The van der Waals surface area contributed by atoms with Gasteiger partial charge in [-0.2, -0.15) is 4.98 Å². The van der Waals surface area contributed by atoms with E-state index in [1.54, 1.807) is 43.1 Å². The summed E-state index contributed by atoms with van der Waals surface area (Å²) in [5, 5.41) is 8.93. The second kappa shape index (κ2) is 10.1. The molecule has 0 aliphatic rings. The first-order valence-corrected chi connectivity index (χ1v) is 11.1. The third kappa shape index (κ3) is 4.95. The third-order valence-corrected chi connectivity index (χ3v) is 5.75. The van der Waals surface area contributed by atoms with E-state index < -0.39 is 5.97 Å². The lowest BCUT2D eigenvalue weighted by Gasteiger charge is -2.15. The lowest BCUT2D eigenvalue weighted by Crippen LogP contribution is -2.07. The molecule has 0 radical (unpaired) electrons. The van der Waals surface area contributed by atoms with Crippen molar-refractivity contribution in [1.29, 1.82) is 0 Å². The van der Waals surface area contributed by atoms with Gasteiger partial charge in [0.2, 0.25) is 5.95 Å². The van der Waals surface area contributed by atoms with Crippen molar-refractivity contribution in [3.8, 4) is 28.7 Å². The molecule has 0 aliphatic carbocycles. The van der Waals surface area contributed by atoms with Crippen LogP contribution < -0.4 is 16.2 Å². The van der Waals surface area contributed by atoms with E-state index in [1.165, 1.54) is 0 Å². The van der Waals surface area contributed by atoms with Gasteiger partial charge in [-0.1, -0.05) is 37.0 Å². The minimum absolute atomic E-state index is 0.134. The van der Waals surface area contributed by atoms with E-state index in [0.29, 0.717) is 23.4 Å². The number of carboxylic acids is 1. The van der Waals surface area contributed by atoms with Crippen molar-refractivity contribution in [2.45, 2.75) is 18.6 Å². The number of nitrogens with two attached hydrogens (primary N) is 2. The minimum atomic E-state index is -0.956. The average molecular weight is 449 g/mol. The predicted octanol–water partition coefficient (Wildman–Crippen LogP) is 4.03. The number of carbonyl (C=O) groups is 1. The molecule has 164 valence electrons. The molecule has 0 amide bonds.